The molecule has 2 aromatic rings. The van der Waals surface area contributed by atoms with Crippen LogP contribution in [0.15, 0.2) is 23.4 Å². The molecule has 0 spiro atoms. The lowest BCUT2D eigenvalue weighted by molar-refractivity contribution is 0.0695. The zero-order valence-corrected chi connectivity index (χ0v) is 8.26. The first-order valence-corrected chi connectivity index (χ1v) is 5.20. The molecule has 0 amide bonds. The van der Waals surface area contributed by atoms with E-state index in [2.05, 4.69) is 9.97 Å². The first kappa shape index (κ1) is 9.08. The van der Waals surface area contributed by atoms with E-state index in [4.69, 9.17) is 5.11 Å². The van der Waals surface area contributed by atoms with E-state index in [0.29, 0.717) is 5.52 Å². The first-order valence-electron chi connectivity index (χ1n) is 3.97. The average molecular weight is 208 g/mol. The topological polar surface area (TPSA) is 66.0 Å². The second-order valence-electron chi connectivity index (χ2n) is 2.75. The SMILES string of the molecule is CSc1ccc2[nH]cnc2c1C(=O)O. The van der Waals surface area contributed by atoms with Gasteiger partial charge in [0.2, 0.25) is 0 Å². The second-order valence-corrected chi connectivity index (χ2v) is 3.59. The molecule has 0 unspecified atom stereocenters. The van der Waals surface area contributed by atoms with Gasteiger partial charge in [-0.05, 0) is 18.4 Å². The lowest BCUT2D eigenvalue weighted by Gasteiger charge is -2.02. The number of nitrogens with zero attached hydrogens (tertiary/aromatic N) is 1. The molecule has 0 aliphatic carbocycles. The molecule has 2 N–H and O–H groups in total. The Morgan fingerprint density at radius 1 is 1.57 bits per heavy atom. The Morgan fingerprint density at radius 3 is 3.00 bits per heavy atom. The van der Waals surface area contributed by atoms with Crippen molar-refractivity contribution in [2.75, 3.05) is 6.26 Å². The predicted octanol–water partition coefficient (Wildman–Crippen LogP) is 1.98. The van der Waals surface area contributed by atoms with E-state index in [0.717, 1.165) is 10.4 Å². The lowest BCUT2D eigenvalue weighted by atomic mass is 10.2. The number of rotatable bonds is 2. The van der Waals surface area contributed by atoms with E-state index in [9.17, 15) is 4.79 Å². The van der Waals surface area contributed by atoms with Crippen molar-refractivity contribution < 1.29 is 9.90 Å². The van der Waals surface area contributed by atoms with Gasteiger partial charge >= 0.3 is 5.97 Å². The van der Waals surface area contributed by atoms with E-state index >= 15 is 0 Å². The minimum Gasteiger partial charge on any atom is -0.478 e. The zero-order chi connectivity index (χ0) is 10.1. The highest BCUT2D eigenvalue weighted by molar-refractivity contribution is 7.98. The van der Waals surface area contributed by atoms with Crippen molar-refractivity contribution in [3.63, 3.8) is 0 Å². The van der Waals surface area contributed by atoms with Crippen LogP contribution < -0.4 is 0 Å². The Kier molecular flexibility index (Phi) is 2.17. The summed E-state index contributed by atoms with van der Waals surface area (Å²) in [5.41, 5.74) is 1.54. The number of hydrogen-bond donors (Lipinski definition) is 2. The van der Waals surface area contributed by atoms with Gasteiger partial charge in [-0.3, -0.25) is 0 Å². The van der Waals surface area contributed by atoms with Gasteiger partial charge in [0.05, 0.1) is 11.8 Å². The van der Waals surface area contributed by atoms with Gasteiger partial charge < -0.3 is 10.1 Å². The molecule has 0 fully saturated rings. The highest BCUT2D eigenvalue weighted by Crippen LogP contribution is 2.26. The van der Waals surface area contributed by atoms with Crippen molar-refractivity contribution in [2.45, 2.75) is 4.90 Å². The van der Waals surface area contributed by atoms with Gasteiger partial charge in [0.15, 0.2) is 0 Å². The Morgan fingerprint density at radius 2 is 2.36 bits per heavy atom. The number of benzene rings is 1. The first-order chi connectivity index (χ1) is 6.74. The van der Waals surface area contributed by atoms with Crippen LogP contribution in [0, 0.1) is 0 Å². The van der Waals surface area contributed by atoms with Crippen LogP contribution in [0.5, 0.6) is 0 Å². The third kappa shape index (κ3) is 1.26. The summed E-state index contributed by atoms with van der Waals surface area (Å²) in [6.07, 6.45) is 3.35. The molecular weight excluding hydrogens is 200 g/mol. The lowest BCUT2D eigenvalue weighted by Crippen LogP contribution is -2.00. The number of hydrogen-bond acceptors (Lipinski definition) is 3. The van der Waals surface area contributed by atoms with E-state index in [1.165, 1.54) is 18.1 Å². The van der Waals surface area contributed by atoms with Crippen LogP contribution in [-0.2, 0) is 0 Å². The maximum Gasteiger partial charge on any atom is 0.339 e. The van der Waals surface area contributed by atoms with Gasteiger partial charge in [-0.25, -0.2) is 9.78 Å². The molecule has 72 valence electrons. The van der Waals surface area contributed by atoms with Gasteiger partial charge in [-0.2, -0.15) is 0 Å². The van der Waals surface area contributed by atoms with Crippen molar-refractivity contribution in [3.05, 3.63) is 24.0 Å². The maximum absolute atomic E-state index is 11.0. The molecule has 0 aliphatic heterocycles. The van der Waals surface area contributed by atoms with E-state index in [-0.39, 0.29) is 5.56 Å². The van der Waals surface area contributed by atoms with Crippen LogP contribution in [0.2, 0.25) is 0 Å². The summed E-state index contributed by atoms with van der Waals surface area (Å²) in [4.78, 5) is 18.6. The van der Waals surface area contributed by atoms with Crippen molar-refractivity contribution >= 4 is 28.8 Å². The van der Waals surface area contributed by atoms with Gasteiger partial charge in [-0.15, -0.1) is 11.8 Å². The van der Waals surface area contributed by atoms with Crippen molar-refractivity contribution in [2.24, 2.45) is 0 Å². The number of carboxylic acid groups (broad SMARTS) is 1. The zero-order valence-electron chi connectivity index (χ0n) is 7.44. The normalized spacial score (nSPS) is 10.6. The van der Waals surface area contributed by atoms with Crippen LogP contribution in [0.1, 0.15) is 10.4 Å². The molecule has 4 nitrogen and oxygen atoms in total. The van der Waals surface area contributed by atoms with E-state index < -0.39 is 5.97 Å². The second kappa shape index (κ2) is 3.34. The molecule has 1 aromatic heterocycles. The van der Waals surface area contributed by atoms with Gasteiger partial charge in [0.25, 0.3) is 0 Å². The number of carboxylic acids is 1. The molecule has 0 saturated heterocycles. The molecule has 0 atom stereocenters. The van der Waals surface area contributed by atoms with Crippen LogP contribution in [0.4, 0.5) is 0 Å². The number of H-pyrrole nitrogens is 1. The quantitative estimate of drug-likeness (QED) is 0.740. The summed E-state index contributed by atoms with van der Waals surface area (Å²) in [5, 5.41) is 9.05. The Hall–Kier alpha value is -1.49. The van der Waals surface area contributed by atoms with Gasteiger partial charge in [-0.1, -0.05) is 0 Å². The number of carbonyl (C=O) groups is 1. The standard InChI is InChI=1S/C9H8N2O2S/c1-14-6-3-2-5-8(11-4-10-5)7(6)9(12)13/h2-4H,1H3,(H,10,11)(H,12,13). The number of nitrogens with one attached hydrogen (secondary N) is 1. The summed E-state index contributed by atoms with van der Waals surface area (Å²) in [6.45, 7) is 0. The van der Waals surface area contributed by atoms with Crippen molar-refractivity contribution in [3.8, 4) is 0 Å². The Balaban J connectivity index is 2.82. The fraction of sp³-hybridized carbons (Fsp3) is 0.111. The molecule has 14 heavy (non-hydrogen) atoms. The summed E-state index contributed by atoms with van der Waals surface area (Å²) in [6, 6.07) is 3.62. The summed E-state index contributed by atoms with van der Waals surface area (Å²) in [5.74, 6) is -0.938. The third-order valence-electron chi connectivity index (χ3n) is 1.99. The van der Waals surface area contributed by atoms with Crippen LogP contribution in [0.3, 0.4) is 0 Å². The predicted molar refractivity (Wildman–Crippen MR) is 54.8 cm³/mol. The van der Waals surface area contributed by atoms with Crippen LogP contribution in [0.25, 0.3) is 11.0 Å². The highest BCUT2D eigenvalue weighted by atomic mass is 32.2. The summed E-state index contributed by atoms with van der Waals surface area (Å²) in [7, 11) is 0. The van der Waals surface area contributed by atoms with Crippen molar-refractivity contribution in [1.82, 2.24) is 9.97 Å². The minimum absolute atomic E-state index is 0.274. The van der Waals surface area contributed by atoms with E-state index in [1.54, 1.807) is 6.07 Å². The molecule has 2 rings (SSSR count). The molecular formula is C9H8N2O2S. The summed E-state index contributed by atoms with van der Waals surface area (Å²) >= 11 is 1.41. The number of aromatic amines is 1. The van der Waals surface area contributed by atoms with Gasteiger partial charge in [0.1, 0.15) is 11.1 Å². The molecule has 0 bridgehead atoms. The third-order valence-corrected chi connectivity index (χ3v) is 2.77. The largest absolute Gasteiger partial charge is 0.478 e. The molecule has 1 aromatic carbocycles. The number of imidazole rings is 1. The average Bonchev–Trinajstić information content (AvgIpc) is 2.62. The molecule has 0 radical (unpaired) electrons. The molecule has 0 aliphatic rings. The smallest absolute Gasteiger partial charge is 0.339 e. The maximum atomic E-state index is 11.0. The molecule has 0 saturated carbocycles. The fourth-order valence-electron chi connectivity index (χ4n) is 1.37. The molecule has 5 heteroatoms. The summed E-state index contributed by atoms with van der Waals surface area (Å²) < 4.78 is 0. The number of aromatic carboxylic acids is 1. The van der Waals surface area contributed by atoms with Crippen LogP contribution in [-0.4, -0.2) is 27.3 Å². The molecule has 1 heterocycles. The monoisotopic (exact) mass is 208 g/mol. The van der Waals surface area contributed by atoms with Crippen molar-refractivity contribution in [1.29, 1.82) is 0 Å². The minimum atomic E-state index is -0.938. The number of aromatic nitrogens is 2. The number of fused-ring (bicyclic) bond motifs is 1. The Labute approximate surface area is 84.4 Å². The Bertz CT molecular complexity index is 493. The number of thioether (sulfide) groups is 1. The van der Waals surface area contributed by atoms with Crippen LogP contribution >= 0.6 is 11.8 Å². The fourth-order valence-corrected chi connectivity index (χ4v) is 1.96. The van der Waals surface area contributed by atoms with Gasteiger partial charge in [0, 0.05) is 4.90 Å². The highest BCUT2D eigenvalue weighted by Gasteiger charge is 2.15. The van der Waals surface area contributed by atoms with E-state index in [1.807, 2.05) is 12.3 Å².